The standard InChI is InChI=1S/C28H39N3O3/c1-21-19-31(16-14-28(21,2)24-11-7-12-25(32)18-24)20-23(17-22-9-5-4-6-10-22)27(34)30-15-8-13-26(33)29-3/h4-7,9-12,18,21,23,32H,8,13-17,19-20H2,1-3H3,(H,29,33)(H,30,34). The van der Waals surface area contributed by atoms with Crippen molar-refractivity contribution in [3.05, 3.63) is 65.7 Å². The number of nitrogens with one attached hydrogen (secondary N) is 2. The number of aromatic hydroxyl groups is 1. The number of benzene rings is 2. The van der Waals surface area contributed by atoms with E-state index in [-0.39, 0.29) is 23.1 Å². The minimum Gasteiger partial charge on any atom is -0.508 e. The molecule has 1 aliphatic heterocycles. The highest BCUT2D eigenvalue weighted by atomic mass is 16.3. The van der Waals surface area contributed by atoms with Crippen molar-refractivity contribution in [2.24, 2.45) is 11.8 Å². The molecule has 3 N–H and O–H groups in total. The molecule has 0 saturated carbocycles. The van der Waals surface area contributed by atoms with Gasteiger partial charge in [0.1, 0.15) is 5.75 Å². The Morgan fingerprint density at radius 1 is 1.18 bits per heavy atom. The summed E-state index contributed by atoms with van der Waals surface area (Å²) in [5, 5.41) is 15.6. The number of carbonyl (C=O) groups is 2. The van der Waals surface area contributed by atoms with E-state index in [2.05, 4.69) is 47.6 Å². The van der Waals surface area contributed by atoms with Gasteiger partial charge in [0.05, 0.1) is 5.92 Å². The first-order valence-electron chi connectivity index (χ1n) is 12.4. The molecule has 6 heteroatoms. The van der Waals surface area contributed by atoms with Crippen LogP contribution in [-0.4, -0.2) is 55.0 Å². The molecule has 2 aromatic rings. The van der Waals surface area contributed by atoms with Crippen LogP contribution in [-0.2, 0) is 21.4 Å². The third-order valence-corrected chi connectivity index (χ3v) is 7.41. The number of nitrogens with zero attached hydrogens (tertiary/aromatic N) is 1. The van der Waals surface area contributed by atoms with Crippen LogP contribution in [0.5, 0.6) is 5.75 Å². The lowest BCUT2D eigenvalue weighted by molar-refractivity contribution is -0.126. The SMILES string of the molecule is CNC(=O)CCCNC(=O)C(Cc1ccccc1)CN1CCC(C)(c2cccc(O)c2)C(C)C1. The average Bonchev–Trinajstić information content (AvgIpc) is 2.84. The highest BCUT2D eigenvalue weighted by molar-refractivity contribution is 5.79. The lowest BCUT2D eigenvalue weighted by Crippen LogP contribution is -2.50. The molecule has 1 fully saturated rings. The van der Waals surface area contributed by atoms with Crippen LogP contribution in [0.2, 0.25) is 0 Å². The number of carbonyl (C=O) groups excluding carboxylic acids is 2. The van der Waals surface area contributed by atoms with E-state index in [0.29, 0.717) is 44.0 Å². The van der Waals surface area contributed by atoms with E-state index in [4.69, 9.17) is 0 Å². The van der Waals surface area contributed by atoms with Crippen LogP contribution in [0.1, 0.15) is 44.2 Å². The van der Waals surface area contributed by atoms with E-state index in [1.165, 1.54) is 5.56 Å². The summed E-state index contributed by atoms with van der Waals surface area (Å²) < 4.78 is 0. The van der Waals surface area contributed by atoms with Crippen LogP contribution < -0.4 is 10.6 Å². The Hall–Kier alpha value is -2.86. The minimum atomic E-state index is -0.153. The van der Waals surface area contributed by atoms with Crippen LogP contribution in [0.25, 0.3) is 0 Å². The summed E-state index contributed by atoms with van der Waals surface area (Å²) in [5.41, 5.74) is 2.32. The van der Waals surface area contributed by atoms with Gasteiger partial charge in [-0.15, -0.1) is 0 Å². The maximum atomic E-state index is 13.1. The number of hydrogen-bond donors (Lipinski definition) is 3. The summed E-state index contributed by atoms with van der Waals surface area (Å²) in [7, 11) is 1.63. The zero-order valence-electron chi connectivity index (χ0n) is 20.7. The van der Waals surface area contributed by atoms with Gasteiger partial charge in [0, 0.05) is 33.1 Å². The number of amides is 2. The summed E-state index contributed by atoms with van der Waals surface area (Å²) >= 11 is 0. The number of piperidine rings is 1. The molecule has 6 nitrogen and oxygen atoms in total. The van der Waals surface area contributed by atoms with Crippen molar-refractivity contribution in [2.45, 2.75) is 44.9 Å². The fourth-order valence-electron chi connectivity index (χ4n) is 4.95. The molecule has 0 aromatic heterocycles. The summed E-state index contributed by atoms with van der Waals surface area (Å²) in [6.07, 6.45) is 2.71. The Labute approximate surface area is 203 Å². The van der Waals surface area contributed by atoms with E-state index in [0.717, 1.165) is 25.1 Å². The topological polar surface area (TPSA) is 81.7 Å². The Balaban J connectivity index is 1.63. The van der Waals surface area contributed by atoms with Gasteiger partial charge < -0.3 is 20.6 Å². The molecule has 2 amide bonds. The molecule has 3 unspecified atom stereocenters. The molecule has 1 aliphatic rings. The van der Waals surface area contributed by atoms with Crippen molar-refractivity contribution in [3.63, 3.8) is 0 Å². The van der Waals surface area contributed by atoms with Gasteiger partial charge in [-0.3, -0.25) is 9.59 Å². The van der Waals surface area contributed by atoms with Gasteiger partial charge in [-0.1, -0.05) is 56.3 Å². The van der Waals surface area contributed by atoms with E-state index in [9.17, 15) is 14.7 Å². The van der Waals surface area contributed by atoms with Crippen molar-refractivity contribution in [2.75, 3.05) is 33.2 Å². The molecule has 3 atom stereocenters. The highest BCUT2D eigenvalue weighted by Gasteiger charge is 2.39. The highest BCUT2D eigenvalue weighted by Crippen LogP contribution is 2.40. The zero-order chi connectivity index (χ0) is 24.6. The van der Waals surface area contributed by atoms with Gasteiger partial charge >= 0.3 is 0 Å². The normalized spacial score (nSPS) is 21.6. The largest absolute Gasteiger partial charge is 0.508 e. The second kappa shape index (κ2) is 12.0. The first-order valence-corrected chi connectivity index (χ1v) is 12.4. The van der Waals surface area contributed by atoms with Crippen LogP contribution >= 0.6 is 0 Å². The molecule has 1 saturated heterocycles. The number of likely N-dealkylation sites (tertiary alicyclic amines) is 1. The molecular formula is C28H39N3O3. The summed E-state index contributed by atoms with van der Waals surface area (Å²) in [5.74, 6) is 0.585. The third-order valence-electron chi connectivity index (χ3n) is 7.41. The zero-order valence-corrected chi connectivity index (χ0v) is 20.7. The van der Waals surface area contributed by atoms with E-state index in [1.54, 1.807) is 13.1 Å². The predicted molar refractivity (Wildman–Crippen MR) is 136 cm³/mol. The Morgan fingerprint density at radius 2 is 1.94 bits per heavy atom. The molecule has 0 spiro atoms. The van der Waals surface area contributed by atoms with E-state index < -0.39 is 0 Å². The van der Waals surface area contributed by atoms with Crippen molar-refractivity contribution in [3.8, 4) is 5.75 Å². The third kappa shape index (κ3) is 6.83. The number of phenolic OH excluding ortho intramolecular Hbond substituents is 1. The minimum absolute atomic E-state index is 0.00725. The molecule has 0 radical (unpaired) electrons. The van der Waals surface area contributed by atoms with Gasteiger partial charge in [0.25, 0.3) is 0 Å². The number of rotatable bonds is 10. The van der Waals surface area contributed by atoms with E-state index in [1.807, 2.05) is 30.3 Å². The Morgan fingerprint density at radius 3 is 2.62 bits per heavy atom. The van der Waals surface area contributed by atoms with Crippen LogP contribution in [0, 0.1) is 11.8 Å². The average molecular weight is 466 g/mol. The summed E-state index contributed by atoms with van der Waals surface area (Å²) in [6.45, 7) is 7.57. The molecule has 0 bridgehead atoms. The van der Waals surface area contributed by atoms with Crippen LogP contribution in [0.4, 0.5) is 0 Å². The van der Waals surface area contributed by atoms with Crippen molar-refractivity contribution < 1.29 is 14.7 Å². The summed E-state index contributed by atoms with van der Waals surface area (Å²) in [4.78, 5) is 27.0. The molecule has 1 heterocycles. The van der Waals surface area contributed by atoms with E-state index >= 15 is 0 Å². The lowest BCUT2D eigenvalue weighted by Gasteiger charge is -2.45. The van der Waals surface area contributed by atoms with Gasteiger partial charge in [0.2, 0.25) is 11.8 Å². The van der Waals surface area contributed by atoms with Gasteiger partial charge in [0.15, 0.2) is 0 Å². The first-order chi connectivity index (χ1) is 16.3. The van der Waals surface area contributed by atoms with Gasteiger partial charge in [-0.25, -0.2) is 0 Å². The van der Waals surface area contributed by atoms with Crippen molar-refractivity contribution in [1.29, 1.82) is 0 Å². The van der Waals surface area contributed by atoms with Gasteiger partial charge in [-0.2, -0.15) is 0 Å². The van der Waals surface area contributed by atoms with Crippen molar-refractivity contribution in [1.82, 2.24) is 15.5 Å². The summed E-state index contributed by atoms with van der Waals surface area (Å²) in [6, 6.07) is 17.8. The monoisotopic (exact) mass is 465 g/mol. The van der Waals surface area contributed by atoms with Crippen LogP contribution in [0.3, 0.4) is 0 Å². The quantitative estimate of drug-likeness (QED) is 0.469. The second-order valence-corrected chi connectivity index (χ2v) is 9.83. The first kappa shape index (κ1) is 25.8. The number of phenols is 1. The fourth-order valence-corrected chi connectivity index (χ4v) is 4.95. The molecule has 184 valence electrons. The molecular weight excluding hydrogens is 426 g/mol. The smallest absolute Gasteiger partial charge is 0.224 e. The fraction of sp³-hybridized carbons (Fsp3) is 0.500. The molecule has 3 rings (SSSR count). The predicted octanol–water partition coefficient (Wildman–Crippen LogP) is 3.49. The molecule has 34 heavy (non-hydrogen) atoms. The Kier molecular flexibility index (Phi) is 9.11. The van der Waals surface area contributed by atoms with Crippen LogP contribution in [0.15, 0.2) is 54.6 Å². The Bertz CT molecular complexity index is 949. The maximum absolute atomic E-state index is 13.1. The maximum Gasteiger partial charge on any atom is 0.224 e. The number of hydrogen-bond acceptors (Lipinski definition) is 4. The van der Waals surface area contributed by atoms with Gasteiger partial charge in [-0.05, 0) is 60.4 Å². The lowest BCUT2D eigenvalue weighted by atomic mass is 9.68. The second-order valence-electron chi connectivity index (χ2n) is 9.83. The molecule has 0 aliphatic carbocycles. The van der Waals surface area contributed by atoms with Crippen molar-refractivity contribution >= 4 is 11.8 Å². The molecule has 2 aromatic carbocycles.